The molecule has 0 aliphatic carbocycles. The normalized spacial score (nSPS) is 16.1. The van der Waals surface area contributed by atoms with E-state index in [1.807, 2.05) is 30.6 Å². The molecule has 182 valence electrons. The van der Waals surface area contributed by atoms with E-state index >= 15 is 0 Å². The zero-order chi connectivity index (χ0) is 24.7. The van der Waals surface area contributed by atoms with E-state index in [1.54, 1.807) is 18.2 Å². The zero-order valence-electron chi connectivity index (χ0n) is 19.7. The SMILES string of the molecule is COc1ccc2c(c1)Oc1ccc(C(F)(F)F)cc1N=C2N1CCN(C(=O)CC(C)(C)C)CC1. The Morgan fingerprint density at radius 1 is 1.03 bits per heavy atom. The van der Waals surface area contributed by atoms with Crippen molar-refractivity contribution < 1.29 is 27.4 Å². The van der Waals surface area contributed by atoms with Crippen LogP contribution in [0.5, 0.6) is 17.2 Å². The molecule has 2 aliphatic heterocycles. The van der Waals surface area contributed by atoms with E-state index in [1.165, 1.54) is 13.2 Å². The van der Waals surface area contributed by atoms with Gasteiger partial charge in [0.25, 0.3) is 0 Å². The maximum atomic E-state index is 13.4. The van der Waals surface area contributed by atoms with Gasteiger partial charge in [0.15, 0.2) is 5.75 Å². The van der Waals surface area contributed by atoms with Gasteiger partial charge in [0.1, 0.15) is 23.0 Å². The second kappa shape index (κ2) is 8.85. The van der Waals surface area contributed by atoms with Gasteiger partial charge in [0.05, 0.1) is 18.2 Å². The number of amidine groups is 1. The lowest BCUT2D eigenvalue weighted by atomic mass is 9.91. The molecule has 0 aromatic heterocycles. The van der Waals surface area contributed by atoms with Crippen molar-refractivity contribution in [3.8, 4) is 17.2 Å². The third-order valence-corrected chi connectivity index (χ3v) is 5.78. The zero-order valence-corrected chi connectivity index (χ0v) is 19.7. The number of hydrogen-bond donors (Lipinski definition) is 0. The number of amides is 1. The van der Waals surface area contributed by atoms with E-state index in [9.17, 15) is 18.0 Å². The van der Waals surface area contributed by atoms with Crippen LogP contribution in [-0.4, -0.2) is 54.8 Å². The van der Waals surface area contributed by atoms with E-state index in [0.29, 0.717) is 55.5 Å². The Hall–Kier alpha value is -3.23. The highest BCUT2D eigenvalue weighted by Crippen LogP contribution is 2.42. The van der Waals surface area contributed by atoms with E-state index in [0.717, 1.165) is 12.1 Å². The number of methoxy groups -OCH3 is 1. The van der Waals surface area contributed by atoms with Crippen molar-refractivity contribution in [2.75, 3.05) is 33.3 Å². The number of ether oxygens (including phenoxy) is 2. The molecule has 0 unspecified atom stereocenters. The first-order valence-electron chi connectivity index (χ1n) is 11.1. The molecule has 9 heteroatoms. The minimum Gasteiger partial charge on any atom is -0.497 e. The molecular weight excluding hydrogens is 447 g/mol. The second-order valence-corrected chi connectivity index (χ2v) is 9.69. The number of rotatable bonds is 2. The van der Waals surface area contributed by atoms with Gasteiger partial charge in [-0.15, -0.1) is 0 Å². The summed E-state index contributed by atoms with van der Waals surface area (Å²) < 4.78 is 51.4. The third-order valence-electron chi connectivity index (χ3n) is 5.78. The Bertz CT molecular complexity index is 1110. The summed E-state index contributed by atoms with van der Waals surface area (Å²) >= 11 is 0. The lowest BCUT2D eigenvalue weighted by Gasteiger charge is -2.37. The lowest BCUT2D eigenvalue weighted by Crippen LogP contribution is -2.51. The van der Waals surface area contributed by atoms with Gasteiger partial charge in [-0.25, -0.2) is 4.99 Å². The van der Waals surface area contributed by atoms with Crippen molar-refractivity contribution in [1.82, 2.24) is 9.80 Å². The fourth-order valence-corrected chi connectivity index (χ4v) is 4.03. The van der Waals surface area contributed by atoms with Gasteiger partial charge >= 0.3 is 6.18 Å². The summed E-state index contributed by atoms with van der Waals surface area (Å²) in [6, 6.07) is 8.52. The molecule has 0 atom stereocenters. The summed E-state index contributed by atoms with van der Waals surface area (Å²) in [4.78, 5) is 21.1. The summed E-state index contributed by atoms with van der Waals surface area (Å²) in [6.07, 6.45) is -4.04. The molecule has 2 aliphatic rings. The average molecular weight is 476 g/mol. The molecule has 0 saturated carbocycles. The molecule has 2 aromatic rings. The van der Waals surface area contributed by atoms with Crippen molar-refractivity contribution in [2.45, 2.75) is 33.4 Å². The van der Waals surface area contributed by atoms with Crippen molar-refractivity contribution in [1.29, 1.82) is 0 Å². The van der Waals surface area contributed by atoms with Crippen LogP contribution in [0.1, 0.15) is 38.3 Å². The number of halogens is 3. The number of hydrogen-bond acceptors (Lipinski definition) is 5. The Kier molecular flexibility index (Phi) is 6.22. The number of carbonyl (C=O) groups excluding carboxylic acids is 1. The van der Waals surface area contributed by atoms with Gasteiger partial charge in [-0.2, -0.15) is 13.2 Å². The molecule has 4 rings (SSSR count). The van der Waals surface area contributed by atoms with Crippen molar-refractivity contribution in [2.24, 2.45) is 10.4 Å². The Morgan fingerprint density at radius 3 is 2.35 bits per heavy atom. The molecule has 34 heavy (non-hydrogen) atoms. The predicted molar refractivity (Wildman–Crippen MR) is 123 cm³/mol. The van der Waals surface area contributed by atoms with Gasteiger partial charge < -0.3 is 19.3 Å². The van der Waals surface area contributed by atoms with Crippen LogP contribution in [0.25, 0.3) is 0 Å². The highest BCUT2D eigenvalue weighted by Gasteiger charge is 2.33. The van der Waals surface area contributed by atoms with Crippen LogP contribution < -0.4 is 9.47 Å². The summed E-state index contributed by atoms with van der Waals surface area (Å²) in [6.45, 7) is 8.12. The standard InChI is InChI=1S/C25H28F3N3O3/c1-24(2,3)15-22(32)30-9-11-31(12-10-30)23-18-7-6-17(33-4)14-21(18)34-20-8-5-16(25(26,27)28)13-19(20)29-23/h5-8,13-14H,9-12,15H2,1-4H3. The molecule has 0 N–H and O–H groups in total. The van der Waals surface area contributed by atoms with Crippen LogP contribution >= 0.6 is 0 Å². The molecule has 0 bridgehead atoms. The van der Waals surface area contributed by atoms with E-state index in [-0.39, 0.29) is 22.8 Å². The van der Waals surface area contributed by atoms with E-state index < -0.39 is 11.7 Å². The number of piperazine rings is 1. The monoisotopic (exact) mass is 475 g/mol. The average Bonchev–Trinajstić information content (AvgIpc) is 2.93. The Morgan fingerprint density at radius 2 is 1.74 bits per heavy atom. The molecule has 6 nitrogen and oxygen atoms in total. The largest absolute Gasteiger partial charge is 0.497 e. The first-order chi connectivity index (χ1) is 15.9. The van der Waals surface area contributed by atoms with E-state index in [4.69, 9.17) is 9.47 Å². The number of alkyl halides is 3. The first kappa shape index (κ1) is 23.9. The van der Waals surface area contributed by atoms with Crippen molar-refractivity contribution in [3.63, 3.8) is 0 Å². The molecule has 2 aromatic carbocycles. The smallest absolute Gasteiger partial charge is 0.416 e. The minimum absolute atomic E-state index is 0.101. The number of aliphatic imine (C=N–C) groups is 1. The van der Waals surface area contributed by atoms with Crippen LogP contribution in [0.2, 0.25) is 0 Å². The van der Waals surface area contributed by atoms with Gasteiger partial charge in [0, 0.05) is 38.7 Å². The minimum atomic E-state index is -4.49. The Balaban J connectivity index is 1.68. The molecule has 0 spiro atoms. The highest BCUT2D eigenvalue weighted by molar-refractivity contribution is 6.04. The maximum Gasteiger partial charge on any atom is 0.416 e. The van der Waals surface area contributed by atoms with Gasteiger partial charge in [-0.3, -0.25) is 4.79 Å². The molecule has 2 heterocycles. The van der Waals surface area contributed by atoms with E-state index in [2.05, 4.69) is 4.99 Å². The summed E-state index contributed by atoms with van der Waals surface area (Å²) in [5.41, 5.74) is -0.139. The van der Waals surface area contributed by atoms with Crippen LogP contribution in [-0.2, 0) is 11.0 Å². The van der Waals surface area contributed by atoms with Crippen LogP contribution in [0.3, 0.4) is 0 Å². The van der Waals surface area contributed by atoms with Gasteiger partial charge in [0.2, 0.25) is 5.91 Å². The number of carbonyl (C=O) groups is 1. The summed E-state index contributed by atoms with van der Waals surface area (Å²) in [5, 5.41) is 0. The first-order valence-corrected chi connectivity index (χ1v) is 11.1. The highest BCUT2D eigenvalue weighted by atomic mass is 19.4. The molecule has 1 saturated heterocycles. The fraction of sp³-hybridized carbons (Fsp3) is 0.440. The molecule has 1 fully saturated rings. The maximum absolute atomic E-state index is 13.4. The fourth-order valence-electron chi connectivity index (χ4n) is 4.03. The number of fused-ring (bicyclic) bond motifs is 2. The van der Waals surface area contributed by atoms with Crippen molar-refractivity contribution >= 4 is 17.4 Å². The van der Waals surface area contributed by atoms with Crippen LogP contribution in [0.15, 0.2) is 41.4 Å². The predicted octanol–water partition coefficient (Wildman–Crippen LogP) is 5.48. The lowest BCUT2D eigenvalue weighted by molar-refractivity contribution is -0.137. The van der Waals surface area contributed by atoms with Gasteiger partial charge in [-0.1, -0.05) is 20.8 Å². The van der Waals surface area contributed by atoms with Gasteiger partial charge in [-0.05, 0) is 35.7 Å². The second-order valence-electron chi connectivity index (χ2n) is 9.69. The Labute approximate surface area is 197 Å². The number of benzene rings is 2. The molecular formula is C25H28F3N3O3. The third kappa shape index (κ3) is 5.13. The number of nitrogens with zero attached hydrogens (tertiary/aromatic N) is 3. The van der Waals surface area contributed by atoms with Crippen LogP contribution in [0.4, 0.5) is 18.9 Å². The topological polar surface area (TPSA) is 54.4 Å². The quantitative estimate of drug-likeness (QED) is 0.577. The molecule has 1 amide bonds. The van der Waals surface area contributed by atoms with Crippen LogP contribution in [0, 0.1) is 5.41 Å². The summed E-state index contributed by atoms with van der Waals surface area (Å²) in [5.74, 6) is 1.85. The van der Waals surface area contributed by atoms with Crippen molar-refractivity contribution in [3.05, 3.63) is 47.5 Å². The summed E-state index contributed by atoms with van der Waals surface area (Å²) in [7, 11) is 1.53. The molecule has 0 radical (unpaired) electrons.